The number of Topliss-reactive ketones (excluding diaryl/α,β-unsaturated/α-hetero) is 1. The maximum atomic E-state index is 13.3. The molecular weight excluding hydrogens is 460 g/mol. The molecule has 0 saturated carbocycles. The quantitative estimate of drug-likeness (QED) is 0.372. The first kappa shape index (κ1) is 23.5. The van der Waals surface area contributed by atoms with Crippen LogP contribution in [0.25, 0.3) is 6.08 Å². The van der Waals surface area contributed by atoms with E-state index in [4.69, 9.17) is 21.1 Å². The summed E-state index contributed by atoms with van der Waals surface area (Å²) in [6, 6.07) is 18.0. The van der Waals surface area contributed by atoms with Gasteiger partial charge in [0.15, 0.2) is 5.76 Å². The standard InChI is InChI=1S/C29H29ClN2O3/c1-4-32(5-2)23-12-10-20(11-13-23)14-26-27(33)24-15-22-17-31(16-21-8-6-7-9-25(21)30)18-34-28(22)19(3)29(24)35-26/h6-15H,4-5,16-18H2,1-3H3/b26-14-. The Morgan fingerprint density at radius 3 is 2.51 bits per heavy atom. The number of benzene rings is 3. The van der Waals surface area contributed by atoms with E-state index in [0.29, 0.717) is 36.9 Å². The Balaban J connectivity index is 1.37. The number of fused-ring (bicyclic) bond motifs is 2. The van der Waals surface area contributed by atoms with Crippen LogP contribution in [0.4, 0.5) is 5.69 Å². The molecule has 0 aromatic heterocycles. The molecule has 5 rings (SSSR count). The fourth-order valence-electron chi connectivity index (χ4n) is 4.79. The second-order valence-corrected chi connectivity index (χ2v) is 9.33. The van der Waals surface area contributed by atoms with E-state index in [2.05, 4.69) is 35.8 Å². The van der Waals surface area contributed by atoms with E-state index in [9.17, 15) is 4.79 Å². The number of ketones is 1. The highest BCUT2D eigenvalue weighted by molar-refractivity contribution is 6.31. The van der Waals surface area contributed by atoms with Gasteiger partial charge in [0, 0.05) is 48.0 Å². The number of anilines is 1. The van der Waals surface area contributed by atoms with Crippen molar-refractivity contribution in [3.05, 3.63) is 93.2 Å². The molecule has 0 N–H and O–H groups in total. The van der Waals surface area contributed by atoms with Crippen LogP contribution in [0.3, 0.4) is 0 Å². The lowest BCUT2D eigenvalue weighted by Gasteiger charge is -2.30. The van der Waals surface area contributed by atoms with Gasteiger partial charge < -0.3 is 14.4 Å². The molecule has 2 aliphatic heterocycles. The van der Waals surface area contributed by atoms with Crippen LogP contribution in [0.5, 0.6) is 11.5 Å². The van der Waals surface area contributed by atoms with Crippen LogP contribution in [-0.4, -0.2) is 30.5 Å². The van der Waals surface area contributed by atoms with Crippen LogP contribution < -0.4 is 14.4 Å². The summed E-state index contributed by atoms with van der Waals surface area (Å²) in [4.78, 5) is 17.7. The SMILES string of the molecule is CCN(CC)c1ccc(/C=C2\Oc3c(cc4c(c3C)OCN(Cc3ccccc3Cl)C4)C2=O)cc1. The number of allylic oxidation sites excluding steroid dienone is 1. The van der Waals surface area contributed by atoms with Crippen LogP contribution in [-0.2, 0) is 13.1 Å². The van der Waals surface area contributed by atoms with Gasteiger partial charge in [0.25, 0.3) is 0 Å². The van der Waals surface area contributed by atoms with Crippen molar-refractivity contribution >= 4 is 29.1 Å². The third kappa shape index (κ3) is 4.54. The molecule has 0 fully saturated rings. The normalized spacial score (nSPS) is 16.0. The molecule has 0 bridgehead atoms. The Hall–Kier alpha value is -3.28. The molecule has 0 saturated heterocycles. The van der Waals surface area contributed by atoms with E-state index in [-0.39, 0.29) is 5.78 Å². The fraction of sp³-hybridized carbons (Fsp3) is 0.276. The number of carbonyl (C=O) groups excluding carboxylic acids is 1. The van der Waals surface area contributed by atoms with Gasteiger partial charge in [-0.25, -0.2) is 0 Å². The Bertz CT molecular complexity index is 1300. The molecule has 0 unspecified atom stereocenters. The van der Waals surface area contributed by atoms with E-state index in [0.717, 1.165) is 46.1 Å². The van der Waals surface area contributed by atoms with Crippen LogP contribution >= 0.6 is 11.6 Å². The predicted molar refractivity (Wildman–Crippen MR) is 140 cm³/mol. The second kappa shape index (κ2) is 9.76. The maximum absolute atomic E-state index is 13.3. The number of nitrogens with zero attached hydrogens (tertiary/aromatic N) is 2. The van der Waals surface area contributed by atoms with E-state index >= 15 is 0 Å². The van der Waals surface area contributed by atoms with E-state index in [1.165, 1.54) is 5.69 Å². The first-order valence-corrected chi connectivity index (χ1v) is 12.4. The lowest BCUT2D eigenvalue weighted by Crippen LogP contribution is -2.32. The summed E-state index contributed by atoms with van der Waals surface area (Å²) >= 11 is 6.35. The van der Waals surface area contributed by atoms with Crippen LogP contribution in [0, 0.1) is 6.92 Å². The molecule has 3 aromatic rings. The van der Waals surface area contributed by atoms with E-state index in [1.54, 1.807) is 0 Å². The lowest BCUT2D eigenvalue weighted by atomic mass is 9.99. The molecule has 5 nitrogen and oxygen atoms in total. The fourth-order valence-corrected chi connectivity index (χ4v) is 4.98. The van der Waals surface area contributed by atoms with Crippen molar-refractivity contribution in [1.82, 2.24) is 4.90 Å². The van der Waals surface area contributed by atoms with Crippen LogP contribution in [0.15, 0.2) is 60.4 Å². The minimum Gasteiger partial charge on any atom is -0.477 e. The molecule has 35 heavy (non-hydrogen) atoms. The van der Waals surface area contributed by atoms with Crippen molar-refractivity contribution in [2.45, 2.75) is 33.9 Å². The molecule has 0 amide bonds. The topological polar surface area (TPSA) is 42.0 Å². The summed E-state index contributed by atoms with van der Waals surface area (Å²) in [7, 11) is 0. The molecule has 2 heterocycles. The highest BCUT2D eigenvalue weighted by atomic mass is 35.5. The Kier molecular flexibility index (Phi) is 6.54. The van der Waals surface area contributed by atoms with Gasteiger partial charge in [-0.15, -0.1) is 0 Å². The first-order valence-electron chi connectivity index (χ1n) is 12.0. The Morgan fingerprint density at radius 1 is 1.06 bits per heavy atom. The first-order chi connectivity index (χ1) is 17.0. The summed E-state index contributed by atoms with van der Waals surface area (Å²) in [6.45, 7) is 9.95. The zero-order chi connectivity index (χ0) is 24.5. The van der Waals surface area contributed by atoms with Crippen molar-refractivity contribution in [2.24, 2.45) is 0 Å². The van der Waals surface area contributed by atoms with Crippen molar-refractivity contribution < 1.29 is 14.3 Å². The number of rotatable bonds is 6. The second-order valence-electron chi connectivity index (χ2n) is 8.92. The van der Waals surface area contributed by atoms with Gasteiger partial charge >= 0.3 is 0 Å². The number of carbonyl (C=O) groups is 1. The summed E-state index contributed by atoms with van der Waals surface area (Å²) < 4.78 is 12.2. The van der Waals surface area contributed by atoms with Gasteiger partial charge in [-0.2, -0.15) is 0 Å². The number of halogens is 1. The summed E-state index contributed by atoms with van der Waals surface area (Å²) in [5.74, 6) is 1.65. The number of hydrogen-bond acceptors (Lipinski definition) is 5. The minimum atomic E-state index is -0.0954. The molecular formula is C29H29ClN2O3. The largest absolute Gasteiger partial charge is 0.477 e. The predicted octanol–water partition coefficient (Wildman–Crippen LogP) is 6.46. The van der Waals surface area contributed by atoms with E-state index < -0.39 is 0 Å². The van der Waals surface area contributed by atoms with Crippen molar-refractivity contribution in [3.8, 4) is 11.5 Å². The lowest BCUT2D eigenvalue weighted by molar-refractivity contribution is 0.0877. The monoisotopic (exact) mass is 488 g/mol. The third-order valence-electron chi connectivity index (χ3n) is 6.67. The van der Waals surface area contributed by atoms with Gasteiger partial charge in [0.1, 0.15) is 18.2 Å². The van der Waals surface area contributed by atoms with E-state index in [1.807, 2.05) is 55.5 Å². The molecule has 0 atom stereocenters. The van der Waals surface area contributed by atoms with Gasteiger partial charge in [0.2, 0.25) is 5.78 Å². The molecule has 0 spiro atoms. The third-order valence-corrected chi connectivity index (χ3v) is 7.04. The molecule has 3 aromatic carbocycles. The smallest absolute Gasteiger partial charge is 0.231 e. The number of hydrogen-bond donors (Lipinski definition) is 0. The van der Waals surface area contributed by atoms with Crippen LogP contribution in [0.1, 0.15) is 46.5 Å². The molecule has 0 aliphatic carbocycles. The van der Waals surface area contributed by atoms with Crippen LogP contribution in [0.2, 0.25) is 5.02 Å². The average Bonchev–Trinajstić information content (AvgIpc) is 3.18. The van der Waals surface area contributed by atoms with Gasteiger partial charge in [-0.05, 0) is 62.2 Å². The van der Waals surface area contributed by atoms with Crippen molar-refractivity contribution in [1.29, 1.82) is 0 Å². The Labute approximate surface area is 211 Å². The zero-order valence-electron chi connectivity index (χ0n) is 20.3. The zero-order valence-corrected chi connectivity index (χ0v) is 21.1. The number of ether oxygens (including phenoxy) is 2. The highest BCUT2D eigenvalue weighted by Crippen LogP contribution is 2.43. The summed E-state index contributed by atoms with van der Waals surface area (Å²) in [5, 5.41) is 0.743. The average molecular weight is 489 g/mol. The molecule has 180 valence electrons. The molecule has 6 heteroatoms. The summed E-state index contributed by atoms with van der Waals surface area (Å²) in [5.41, 5.74) is 5.60. The molecule has 0 radical (unpaired) electrons. The van der Waals surface area contributed by atoms with Gasteiger partial charge in [0.05, 0.1) is 5.56 Å². The Morgan fingerprint density at radius 2 is 1.80 bits per heavy atom. The van der Waals surface area contributed by atoms with Crippen molar-refractivity contribution in [2.75, 3.05) is 24.7 Å². The minimum absolute atomic E-state index is 0.0954. The highest BCUT2D eigenvalue weighted by Gasteiger charge is 2.33. The molecule has 2 aliphatic rings. The summed E-state index contributed by atoms with van der Waals surface area (Å²) in [6.07, 6.45) is 1.82. The van der Waals surface area contributed by atoms with Crippen molar-refractivity contribution in [3.63, 3.8) is 0 Å². The maximum Gasteiger partial charge on any atom is 0.231 e. The van der Waals surface area contributed by atoms with Gasteiger partial charge in [-0.3, -0.25) is 9.69 Å². The van der Waals surface area contributed by atoms with Gasteiger partial charge in [-0.1, -0.05) is 41.9 Å².